The average molecular weight is 294 g/mol. The van der Waals surface area contributed by atoms with Crippen molar-refractivity contribution in [2.75, 3.05) is 13.1 Å². The fourth-order valence-corrected chi connectivity index (χ4v) is 3.70. The Hall–Kier alpha value is -2.07. The molecule has 0 spiro atoms. The lowest BCUT2D eigenvalue weighted by atomic mass is 10.1. The highest BCUT2D eigenvalue weighted by molar-refractivity contribution is 5.75. The van der Waals surface area contributed by atoms with Gasteiger partial charge in [-0.05, 0) is 50.6 Å². The molecule has 3 aromatic rings. The van der Waals surface area contributed by atoms with Crippen LogP contribution < -0.4 is 0 Å². The summed E-state index contributed by atoms with van der Waals surface area (Å²) in [6.45, 7) is 5.37. The number of hydrogen-bond acceptors (Lipinski definition) is 2. The van der Waals surface area contributed by atoms with Gasteiger partial charge in [-0.15, -0.1) is 0 Å². The summed E-state index contributed by atoms with van der Waals surface area (Å²) in [5.74, 6) is 1.11. The molecule has 114 valence electrons. The number of para-hydroxylation sites is 2. The molecule has 4 rings (SSSR count). The van der Waals surface area contributed by atoms with Crippen LogP contribution in [0.25, 0.3) is 11.0 Å². The van der Waals surface area contributed by atoms with Gasteiger partial charge in [0.05, 0.1) is 11.0 Å². The lowest BCUT2D eigenvalue weighted by Crippen LogP contribution is -2.27. The third kappa shape index (κ3) is 2.33. The van der Waals surface area contributed by atoms with Gasteiger partial charge in [-0.2, -0.15) is 0 Å². The summed E-state index contributed by atoms with van der Waals surface area (Å²) < 4.78 is 2.35. The van der Waals surface area contributed by atoms with Gasteiger partial charge in [-0.3, -0.25) is 4.90 Å². The van der Waals surface area contributed by atoms with E-state index in [1.54, 1.807) is 0 Å². The van der Waals surface area contributed by atoms with E-state index in [0.29, 0.717) is 6.04 Å². The molecule has 0 radical (unpaired) electrons. The topological polar surface area (TPSA) is 36.9 Å². The van der Waals surface area contributed by atoms with Crippen molar-refractivity contribution in [3.63, 3.8) is 0 Å². The third-order valence-corrected chi connectivity index (χ3v) is 4.80. The molecule has 4 heteroatoms. The minimum Gasteiger partial charge on any atom is -0.364 e. The van der Waals surface area contributed by atoms with Crippen LogP contribution in [-0.4, -0.2) is 32.5 Å². The quantitative estimate of drug-likeness (QED) is 0.799. The maximum Gasteiger partial charge on any atom is 0.106 e. The molecule has 0 amide bonds. The number of imidazole rings is 1. The molecule has 22 heavy (non-hydrogen) atoms. The Morgan fingerprint density at radius 3 is 2.95 bits per heavy atom. The molecule has 1 atom stereocenters. The van der Waals surface area contributed by atoms with Crippen molar-refractivity contribution in [3.8, 4) is 0 Å². The highest BCUT2D eigenvalue weighted by atomic mass is 15.2. The molecule has 1 saturated heterocycles. The van der Waals surface area contributed by atoms with Gasteiger partial charge in [-0.25, -0.2) is 4.98 Å². The van der Waals surface area contributed by atoms with Crippen molar-refractivity contribution in [3.05, 3.63) is 54.1 Å². The number of aryl methyl sites for hydroxylation is 1. The lowest BCUT2D eigenvalue weighted by Gasteiger charge is -2.24. The Balaban J connectivity index is 1.53. The van der Waals surface area contributed by atoms with Crippen molar-refractivity contribution < 1.29 is 0 Å². The minimum atomic E-state index is 0.546. The van der Waals surface area contributed by atoms with Gasteiger partial charge in [0, 0.05) is 31.0 Å². The van der Waals surface area contributed by atoms with E-state index in [1.165, 1.54) is 30.6 Å². The molecule has 0 aliphatic carbocycles. The molecule has 0 saturated carbocycles. The van der Waals surface area contributed by atoms with Crippen LogP contribution in [0.2, 0.25) is 0 Å². The summed E-state index contributed by atoms with van der Waals surface area (Å²) in [5, 5.41) is 0. The van der Waals surface area contributed by atoms with Crippen LogP contribution in [0.4, 0.5) is 0 Å². The van der Waals surface area contributed by atoms with Gasteiger partial charge in [0.2, 0.25) is 0 Å². The number of fused-ring (bicyclic) bond motifs is 1. The molecule has 0 unspecified atom stereocenters. The lowest BCUT2D eigenvalue weighted by molar-refractivity contribution is 0.244. The Morgan fingerprint density at radius 1 is 1.18 bits per heavy atom. The van der Waals surface area contributed by atoms with Gasteiger partial charge in [0.25, 0.3) is 0 Å². The highest BCUT2D eigenvalue weighted by Crippen LogP contribution is 2.30. The predicted octanol–water partition coefficient (Wildman–Crippen LogP) is 3.51. The first kappa shape index (κ1) is 13.6. The van der Waals surface area contributed by atoms with Gasteiger partial charge in [0.15, 0.2) is 0 Å². The molecule has 1 N–H and O–H groups in total. The zero-order valence-electron chi connectivity index (χ0n) is 13.0. The second-order valence-corrected chi connectivity index (χ2v) is 6.12. The molecule has 2 aromatic heterocycles. The fourth-order valence-electron chi connectivity index (χ4n) is 3.70. The molecular weight excluding hydrogens is 272 g/mol. The zero-order chi connectivity index (χ0) is 14.9. The molecule has 1 aliphatic rings. The number of benzene rings is 1. The first-order chi connectivity index (χ1) is 10.8. The Bertz CT molecular complexity index is 757. The molecule has 1 aromatic carbocycles. The van der Waals surface area contributed by atoms with E-state index >= 15 is 0 Å². The van der Waals surface area contributed by atoms with E-state index in [-0.39, 0.29) is 0 Å². The average Bonchev–Trinajstić information content (AvgIpc) is 3.24. The predicted molar refractivity (Wildman–Crippen MR) is 88.8 cm³/mol. The normalized spacial score (nSPS) is 19.2. The Morgan fingerprint density at radius 2 is 2.09 bits per heavy atom. The largest absolute Gasteiger partial charge is 0.364 e. The van der Waals surface area contributed by atoms with E-state index in [4.69, 9.17) is 0 Å². The third-order valence-electron chi connectivity index (χ3n) is 4.80. The molecule has 1 aliphatic heterocycles. The van der Waals surface area contributed by atoms with Crippen LogP contribution in [0.15, 0.2) is 42.6 Å². The summed E-state index contributed by atoms with van der Waals surface area (Å²) in [6, 6.07) is 13.3. The maximum atomic E-state index is 4.67. The fraction of sp³-hybridized carbons (Fsp3) is 0.389. The van der Waals surface area contributed by atoms with E-state index in [9.17, 15) is 0 Å². The van der Waals surface area contributed by atoms with Crippen molar-refractivity contribution in [1.82, 2.24) is 19.4 Å². The zero-order valence-corrected chi connectivity index (χ0v) is 13.0. The number of nitrogens with zero attached hydrogens (tertiary/aromatic N) is 3. The number of likely N-dealkylation sites (tertiary alicyclic amines) is 1. The number of rotatable bonds is 4. The van der Waals surface area contributed by atoms with E-state index in [0.717, 1.165) is 24.4 Å². The number of aromatic amines is 1. The van der Waals surface area contributed by atoms with Gasteiger partial charge < -0.3 is 9.55 Å². The van der Waals surface area contributed by atoms with Crippen LogP contribution in [0.1, 0.15) is 30.4 Å². The maximum absolute atomic E-state index is 4.67. The van der Waals surface area contributed by atoms with Crippen molar-refractivity contribution in [1.29, 1.82) is 0 Å². The van der Waals surface area contributed by atoms with E-state index in [2.05, 4.69) is 62.8 Å². The van der Waals surface area contributed by atoms with Crippen molar-refractivity contribution in [2.24, 2.45) is 0 Å². The first-order valence-corrected chi connectivity index (χ1v) is 8.12. The minimum absolute atomic E-state index is 0.546. The van der Waals surface area contributed by atoms with Gasteiger partial charge in [-0.1, -0.05) is 12.1 Å². The van der Waals surface area contributed by atoms with Crippen molar-refractivity contribution in [2.45, 2.75) is 32.4 Å². The molecule has 3 heterocycles. The van der Waals surface area contributed by atoms with Gasteiger partial charge in [0.1, 0.15) is 5.82 Å². The monoisotopic (exact) mass is 294 g/mol. The van der Waals surface area contributed by atoms with Gasteiger partial charge >= 0.3 is 0 Å². The van der Waals surface area contributed by atoms with Crippen molar-refractivity contribution >= 4 is 11.0 Å². The molecule has 4 nitrogen and oxygen atoms in total. The molecule has 1 fully saturated rings. The summed E-state index contributed by atoms with van der Waals surface area (Å²) in [6.07, 6.45) is 4.57. The Labute approximate surface area is 130 Å². The van der Waals surface area contributed by atoms with Crippen LogP contribution in [0.5, 0.6) is 0 Å². The first-order valence-electron chi connectivity index (χ1n) is 8.12. The number of hydrogen-bond donors (Lipinski definition) is 1. The second-order valence-electron chi connectivity index (χ2n) is 6.12. The number of aromatic nitrogens is 3. The summed E-state index contributed by atoms with van der Waals surface area (Å²) in [4.78, 5) is 10.6. The second kappa shape index (κ2) is 5.61. The van der Waals surface area contributed by atoms with E-state index < -0.39 is 0 Å². The highest BCUT2D eigenvalue weighted by Gasteiger charge is 2.26. The Kier molecular flexibility index (Phi) is 3.47. The summed E-state index contributed by atoms with van der Waals surface area (Å²) in [7, 11) is 0. The molecular formula is C18H22N4. The SMILES string of the molecule is Cc1nc2ccccc2n1CCN1CCC[C@@H]1c1ccc[nH]1. The van der Waals surface area contributed by atoms with Crippen LogP contribution in [0.3, 0.4) is 0 Å². The number of nitrogens with one attached hydrogen (secondary N) is 1. The smallest absolute Gasteiger partial charge is 0.106 e. The molecule has 0 bridgehead atoms. The summed E-state index contributed by atoms with van der Waals surface area (Å²) >= 11 is 0. The van der Waals surface area contributed by atoms with Crippen LogP contribution in [0, 0.1) is 6.92 Å². The summed E-state index contributed by atoms with van der Waals surface area (Å²) in [5.41, 5.74) is 3.70. The standard InChI is InChI=1S/C18H22N4/c1-14-20-16-6-2-3-8-18(16)22(14)13-12-21-11-5-9-17(21)15-7-4-10-19-15/h2-4,6-8,10,17,19H,5,9,11-13H2,1H3/t17-/m1/s1. The van der Waals surface area contributed by atoms with Crippen LogP contribution >= 0.6 is 0 Å². The van der Waals surface area contributed by atoms with Crippen LogP contribution in [-0.2, 0) is 6.54 Å². The number of H-pyrrole nitrogens is 1. The van der Waals surface area contributed by atoms with E-state index in [1.807, 2.05) is 6.20 Å².